The Morgan fingerprint density at radius 2 is 1.88 bits per heavy atom. The van der Waals surface area contributed by atoms with Crippen LogP contribution in [0.15, 0.2) is 40.9 Å². The largest absolute Gasteiger partial charge is 0.488 e. The molecule has 0 aliphatic heterocycles. The number of benzene rings is 2. The summed E-state index contributed by atoms with van der Waals surface area (Å²) in [4.78, 5) is 8.81. The van der Waals surface area contributed by atoms with Gasteiger partial charge in [0.05, 0.1) is 10.0 Å². The monoisotopic (exact) mass is 417 g/mol. The number of carbonyl (C=O) groups is 1. The zero-order valence-corrected chi connectivity index (χ0v) is 15.7. The topological polar surface area (TPSA) is 38.3 Å². The van der Waals surface area contributed by atoms with Gasteiger partial charge in [0.2, 0.25) is 0 Å². The van der Waals surface area contributed by atoms with Crippen LogP contribution in [-0.2, 0) is 17.6 Å². The summed E-state index contributed by atoms with van der Waals surface area (Å²) in [6, 6.07) is 9.45. The predicted octanol–water partition coefficient (Wildman–Crippen LogP) is 5.60. The van der Waals surface area contributed by atoms with Crippen LogP contribution in [0.2, 0.25) is 0 Å². The van der Waals surface area contributed by atoms with Crippen molar-refractivity contribution in [2.24, 2.45) is 0 Å². The highest BCUT2D eigenvalue weighted by Crippen LogP contribution is 2.36. The molecule has 0 saturated heterocycles. The molecule has 7 heteroatoms. The standard InChI is InChI=1S/C16H15BrF3NO.C2H4O/c1-10-6-7-15(13(17)8-10)22-9-11-12(16(18,19)20)4-3-5-14(11)21-2;1-2-3/h3-8,21H,9H2,1-2H3;2H,1H3. The van der Waals surface area contributed by atoms with Crippen molar-refractivity contribution in [1.82, 2.24) is 0 Å². The molecule has 3 nitrogen and oxygen atoms in total. The van der Waals surface area contributed by atoms with Crippen LogP contribution in [0.25, 0.3) is 0 Å². The number of rotatable bonds is 4. The molecule has 2 aromatic carbocycles. The molecule has 2 aromatic rings. The molecular formula is C18H19BrF3NO2. The van der Waals surface area contributed by atoms with Gasteiger partial charge in [-0.15, -0.1) is 0 Å². The average Bonchev–Trinajstić information content (AvgIpc) is 2.53. The molecule has 136 valence electrons. The van der Waals surface area contributed by atoms with Gasteiger partial charge >= 0.3 is 6.18 Å². The summed E-state index contributed by atoms with van der Waals surface area (Å²) in [7, 11) is 1.58. The lowest BCUT2D eigenvalue weighted by molar-refractivity contribution is -0.138. The lowest BCUT2D eigenvalue weighted by Gasteiger charge is -2.17. The highest BCUT2D eigenvalue weighted by atomic mass is 79.9. The second-order valence-electron chi connectivity index (χ2n) is 5.04. The van der Waals surface area contributed by atoms with E-state index in [1.54, 1.807) is 19.2 Å². The zero-order chi connectivity index (χ0) is 19.0. The molecular weight excluding hydrogens is 399 g/mol. The number of aryl methyl sites for hydroxylation is 1. The predicted molar refractivity (Wildman–Crippen MR) is 95.9 cm³/mol. The Kier molecular flexibility index (Phi) is 7.96. The first-order valence-electron chi connectivity index (χ1n) is 7.40. The number of anilines is 1. The number of hydrogen-bond donors (Lipinski definition) is 1. The number of ether oxygens (including phenoxy) is 1. The van der Waals surface area contributed by atoms with Crippen molar-refractivity contribution in [3.63, 3.8) is 0 Å². The van der Waals surface area contributed by atoms with E-state index in [0.717, 1.165) is 17.9 Å². The minimum Gasteiger partial charge on any atom is -0.488 e. The van der Waals surface area contributed by atoms with Gasteiger partial charge in [-0.05, 0) is 59.6 Å². The first-order valence-corrected chi connectivity index (χ1v) is 8.19. The third-order valence-corrected chi connectivity index (χ3v) is 3.83. The summed E-state index contributed by atoms with van der Waals surface area (Å²) in [5, 5.41) is 2.78. The molecule has 0 aliphatic carbocycles. The summed E-state index contributed by atoms with van der Waals surface area (Å²) >= 11 is 3.35. The van der Waals surface area contributed by atoms with E-state index >= 15 is 0 Å². The van der Waals surface area contributed by atoms with Gasteiger partial charge in [-0.1, -0.05) is 12.1 Å². The van der Waals surface area contributed by atoms with E-state index in [2.05, 4.69) is 21.2 Å². The highest BCUT2D eigenvalue weighted by Gasteiger charge is 2.34. The van der Waals surface area contributed by atoms with E-state index in [1.165, 1.54) is 13.0 Å². The maximum absolute atomic E-state index is 13.1. The zero-order valence-electron chi connectivity index (χ0n) is 14.1. The number of aldehydes is 1. The Bertz CT molecular complexity index is 718. The summed E-state index contributed by atoms with van der Waals surface area (Å²) < 4.78 is 45.7. The SMILES string of the molecule is CC=O.CNc1cccc(C(F)(F)F)c1COc1ccc(C)cc1Br. The van der Waals surface area contributed by atoms with Crippen molar-refractivity contribution in [3.8, 4) is 5.75 Å². The Morgan fingerprint density at radius 1 is 1.24 bits per heavy atom. The molecule has 1 N–H and O–H groups in total. The van der Waals surface area contributed by atoms with Crippen molar-refractivity contribution < 1.29 is 22.7 Å². The first-order chi connectivity index (χ1) is 11.7. The third kappa shape index (κ3) is 6.08. The van der Waals surface area contributed by atoms with E-state index in [0.29, 0.717) is 15.9 Å². The van der Waals surface area contributed by atoms with Crippen molar-refractivity contribution in [3.05, 3.63) is 57.6 Å². The van der Waals surface area contributed by atoms with Gasteiger partial charge in [0.25, 0.3) is 0 Å². The fraction of sp³-hybridized carbons (Fsp3) is 0.278. The molecule has 0 bridgehead atoms. The molecule has 0 aliphatic rings. The lowest BCUT2D eigenvalue weighted by Crippen LogP contribution is -2.13. The maximum atomic E-state index is 13.1. The van der Waals surface area contributed by atoms with Crippen LogP contribution in [0.4, 0.5) is 18.9 Å². The Hall–Kier alpha value is -2.02. The molecule has 0 heterocycles. The molecule has 0 atom stereocenters. The van der Waals surface area contributed by atoms with Crippen LogP contribution >= 0.6 is 15.9 Å². The van der Waals surface area contributed by atoms with E-state index < -0.39 is 11.7 Å². The smallest absolute Gasteiger partial charge is 0.416 e. The van der Waals surface area contributed by atoms with Crippen LogP contribution in [-0.4, -0.2) is 13.3 Å². The summed E-state index contributed by atoms with van der Waals surface area (Å²) in [6.45, 7) is 3.19. The van der Waals surface area contributed by atoms with E-state index in [4.69, 9.17) is 9.53 Å². The van der Waals surface area contributed by atoms with Gasteiger partial charge < -0.3 is 14.8 Å². The normalized spacial score (nSPS) is 10.5. The molecule has 0 unspecified atom stereocenters. The Balaban J connectivity index is 0.000000970. The van der Waals surface area contributed by atoms with Gasteiger partial charge in [-0.2, -0.15) is 13.2 Å². The van der Waals surface area contributed by atoms with Crippen LogP contribution in [0.5, 0.6) is 5.75 Å². The van der Waals surface area contributed by atoms with E-state index in [1.807, 2.05) is 19.1 Å². The van der Waals surface area contributed by atoms with Crippen molar-refractivity contribution in [1.29, 1.82) is 0 Å². The van der Waals surface area contributed by atoms with Crippen molar-refractivity contribution >= 4 is 27.9 Å². The van der Waals surface area contributed by atoms with Crippen molar-refractivity contribution in [2.45, 2.75) is 26.6 Å². The number of carbonyl (C=O) groups excluding carboxylic acids is 1. The van der Waals surface area contributed by atoms with Gasteiger partial charge in [-0.3, -0.25) is 0 Å². The molecule has 0 amide bonds. The van der Waals surface area contributed by atoms with Crippen molar-refractivity contribution in [2.75, 3.05) is 12.4 Å². The molecule has 0 spiro atoms. The fourth-order valence-corrected chi connectivity index (χ4v) is 2.72. The number of nitrogens with one attached hydrogen (secondary N) is 1. The Morgan fingerprint density at radius 3 is 2.40 bits per heavy atom. The molecule has 0 radical (unpaired) electrons. The molecule has 0 saturated carbocycles. The fourth-order valence-electron chi connectivity index (χ4n) is 2.11. The summed E-state index contributed by atoms with van der Waals surface area (Å²) in [6.07, 6.45) is -3.67. The van der Waals surface area contributed by atoms with Crippen LogP contribution in [0.1, 0.15) is 23.6 Å². The first kappa shape index (κ1) is 21.0. The van der Waals surface area contributed by atoms with Gasteiger partial charge in [-0.25, -0.2) is 0 Å². The lowest BCUT2D eigenvalue weighted by atomic mass is 10.1. The Labute approximate surface area is 153 Å². The number of alkyl halides is 3. The molecule has 0 fully saturated rings. The van der Waals surface area contributed by atoms with E-state index in [9.17, 15) is 13.2 Å². The second-order valence-corrected chi connectivity index (χ2v) is 5.89. The molecule has 25 heavy (non-hydrogen) atoms. The number of halogens is 4. The van der Waals surface area contributed by atoms with E-state index in [-0.39, 0.29) is 12.2 Å². The summed E-state index contributed by atoms with van der Waals surface area (Å²) in [5.41, 5.74) is 0.830. The van der Waals surface area contributed by atoms with Gasteiger partial charge in [0.15, 0.2) is 0 Å². The maximum Gasteiger partial charge on any atom is 0.416 e. The van der Waals surface area contributed by atoms with Crippen LogP contribution in [0, 0.1) is 6.92 Å². The highest BCUT2D eigenvalue weighted by molar-refractivity contribution is 9.10. The molecule has 0 aromatic heterocycles. The van der Waals surface area contributed by atoms with Crippen LogP contribution < -0.4 is 10.1 Å². The van der Waals surface area contributed by atoms with Gasteiger partial charge in [0.1, 0.15) is 18.6 Å². The minimum atomic E-state index is -4.42. The quantitative estimate of drug-likeness (QED) is 0.657. The minimum absolute atomic E-state index is 0.0879. The average molecular weight is 418 g/mol. The number of hydrogen-bond acceptors (Lipinski definition) is 3. The summed E-state index contributed by atoms with van der Waals surface area (Å²) in [5.74, 6) is 0.504. The molecule has 2 rings (SSSR count). The third-order valence-electron chi connectivity index (χ3n) is 3.21. The van der Waals surface area contributed by atoms with Crippen LogP contribution in [0.3, 0.4) is 0 Å². The second kappa shape index (κ2) is 9.46. The van der Waals surface area contributed by atoms with Gasteiger partial charge in [0, 0.05) is 18.3 Å².